The SMILES string of the molecule is CCCCC/C=C/CCCc1ccccc1N=C(CCCC)C(CCCCC)=Nc1ccccc1.[Ni]. The first-order valence-corrected chi connectivity index (χ1v) is 14.2. The molecule has 0 bridgehead atoms. The summed E-state index contributed by atoms with van der Waals surface area (Å²) >= 11 is 0. The summed E-state index contributed by atoms with van der Waals surface area (Å²) in [7, 11) is 0. The molecule has 2 aromatic rings. The van der Waals surface area contributed by atoms with Crippen LogP contribution in [0, 0.1) is 0 Å². The second kappa shape index (κ2) is 21.1. The Kier molecular flexibility index (Phi) is 18.8. The van der Waals surface area contributed by atoms with Crippen LogP contribution in [0.4, 0.5) is 11.4 Å². The van der Waals surface area contributed by atoms with Gasteiger partial charge in [-0.05, 0) is 81.5 Å². The van der Waals surface area contributed by atoms with Gasteiger partial charge in [0.05, 0.1) is 22.8 Å². The summed E-state index contributed by atoms with van der Waals surface area (Å²) in [6.45, 7) is 6.78. The molecule has 0 fully saturated rings. The zero-order valence-electron chi connectivity index (χ0n) is 23.0. The first-order valence-electron chi connectivity index (χ1n) is 14.2. The number of allylic oxidation sites excluding steroid dienone is 2. The maximum absolute atomic E-state index is 5.29. The van der Waals surface area contributed by atoms with E-state index in [9.17, 15) is 0 Å². The Labute approximate surface area is 231 Å². The fourth-order valence-electron chi connectivity index (χ4n) is 4.21. The van der Waals surface area contributed by atoms with E-state index in [1.54, 1.807) is 0 Å². The summed E-state index contributed by atoms with van der Waals surface area (Å²) < 4.78 is 0. The molecule has 0 radical (unpaired) electrons. The van der Waals surface area contributed by atoms with Gasteiger partial charge >= 0.3 is 0 Å². The van der Waals surface area contributed by atoms with E-state index in [0.717, 1.165) is 43.5 Å². The monoisotopic (exact) mass is 530 g/mol. The van der Waals surface area contributed by atoms with Crippen molar-refractivity contribution in [3.05, 3.63) is 72.3 Å². The maximum Gasteiger partial charge on any atom is 0.0665 e. The molecule has 0 aliphatic heterocycles. The number of benzene rings is 2. The predicted octanol–water partition coefficient (Wildman–Crippen LogP) is 10.8. The molecule has 2 rings (SSSR count). The molecular formula is C33H48N2Ni. The molecule has 0 aliphatic carbocycles. The molecule has 36 heavy (non-hydrogen) atoms. The van der Waals surface area contributed by atoms with Crippen molar-refractivity contribution in [3.63, 3.8) is 0 Å². The minimum atomic E-state index is 0. The zero-order valence-corrected chi connectivity index (χ0v) is 23.9. The Hall–Kier alpha value is -1.99. The van der Waals surface area contributed by atoms with Crippen LogP contribution in [0.2, 0.25) is 0 Å². The molecule has 0 heterocycles. The van der Waals surface area contributed by atoms with Crippen LogP contribution in [-0.2, 0) is 22.9 Å². The van der Waals surface area contributed by atoms with Crippen LogP contribution in [0.3, 0.4) is 0 Å². The van der Waals surface area contributed by atoms with Gasteiger partial charge in [-0.25, -0.2) is 0 Å². The molecule has 0 aliphatic rings. The molecule has 0 saturated heterocycles. The van der Waals surface area contributed by atoms with Crippen LogP contribution < -0.4 is 0 Å². The number of para-hydroxylation sites is 2. The number of aryl methyl sites for hydroxylation is 1. The third kappa shape index (κ3) is 13.4. The molecule has 0 aromatic heterocycles. The van der Waals surface area contributed by atoms with Crippen LogP contribution in [-0.4, -0.2) is 11.4 Å². The van der Waals surface area contributed by atoms with Crippen molar-refractivity contribution in [1.82, 2.24) is 0 Å². The second-order valence-corrected chi connectivity index (χ2v) is 9.50. The molecule has 0 unspecified atom stereocenters. The normalized spacial score (nSPS) is 12.2. The van der Waals surface area contributed by atoms with Crippen molar-refractivity contribution in [1.29, 1.82) is 0 Å². The molecule has 0 atom stereocenters. The summed E-state index contributed by atoms with van der Waals surface area (Å²) in [5.74, 6) is 0. The zero-order chi connectivity index (χ0) is 25.0. The average Bonchev–Trinajstić information content (AvgIpc) is 2.89. The quantitative estimate of drug-likeness (QED) is 0.0791. The van der Waals surface area contributed by atoms with E-state index in [1.807, 2.05) is 0 Å². The van der Waals surface area contributed by atoms with E-state index in [0.29, 0.717) is 0 Å². The third-order valence-corrected chi connectivity index (χ3v) is 6.34. The predicted molar refractivity (Wildman–Crippen MR) is 157 cm³/mol. The van der Waals surface area contributed by atoms with Crippen molar-refractivity contribution in [2.24, 2.45) is 9.98 Å². The average molecular weight is 531 g/mol. The van der Waals surface area contributed by atoms with Crippen molar-refractivity contribution >= 4 is 22.8 Å². The van der Waals surface area contributed by atoms with Crippen molar-refractivity contribution in [3.8, 4) is 0 Å². The molecule has 3 heteroatoms. The number of hydrogen-bond acceptors (Lipinski definition) is 2. The number of unbranched alkanes of at least 4 members (excludes halogenated alkanes) is 7. The van der Waals surface area contributed by atoms with Gasteiger partial charge < -0.3 is 0 Å². The second-order valence-electron chi connectivity index (χ2n) is 9.50. The van der Waals surface area contributed by atoms with Gasteiger partial charge in [0, 0.05) is 16.5 Å². The Balaban J connectivity index is 0.00000648. The van der Waals surface area contributed by atoms with Gasteiger partial charge in [-0.15, -0.1) is 0 Å². The molecule has 0 amide bonds. The molecule has 0 spiro atoms. The summed E-state index contributed by atoms with van der Waals surface area (Å²) in [5, 5.41) is 0. The minimum Gasteiger partial charge on any atom is -0.252 e. The molecule has 0 saturated carbocycles. The van der Waals surface area contributed by atoms with E-state index < -0.39 is 0 Å². The van der Waals surface area contributed by atoms with E-state index >= 15 is 0 Å². The van der Waals surface area contributed by atoms with Gasteiger partial charge in [-0.1, -0.05) is 101 Å². The van der Waals surface area contributed by atoms with E-state index in [2.05, 4.69) is 87.5 Å². The molecule has 2 aromatic carbocycles. The van der Waals surface area contributed by atoms with Crippen LogP contribution in [0.5, 0.6) is 0 Å². The van der Waals surface area contributed by atoms with Crippen LogP contribution >= 0.6 is 0 Å². The summed E-state index contributed by atoms with van der Waals surface area (Å²) in [6, 6.07) is 19.1. The summed E-state index contributed by atoms with van der Waals surface area (Å²) in [6.07, 6.45) is 21.2. The van der Waals surface area contributed by atoms with Gasteiger partial charge in [0.2, 0.25) is 0 Å². The number of aliphatic imine (C=N–C) groups is 2. The smallest absolute Gasteiger partial charge is 0.0665 e. The largest absolute Gasteiger partial charge is 0.252 e. The Bertz CT molecular complexity index is 899. The first-order chi connectivity index (χ1) is 17.3. The van der Waals surface area contributed by atoms with Gasteiger partial charge in [-0.2, -0.15) is 0 Å². The van der Waals surface area contributed by atoms with Gasteiger partial charge in [0.15, 0.2) is 0 Å². The standard InChI is InChI=1S/C33H48N2.Ni/c1-4-7-10-11-12-13-14-17-22-29-23-20-21-27-31(29)35-33(26-9-6-3)32(28-16-8-5-2)34-30-24-18-15-19-25-30;/h12-13,15,18-21,23-25,27H,4-11,14,16-17,22,26,28H2,1-3H3;/b13-12+,34-32?,35-33?;. The molecule has 200 valence electrons. The fourth-order valence-corrected chi connectivity index (χ4v) is 4.21. The van der Waals surface area contributed by atoms with E-state index in [4.69, 9.17) is 9.98 Å². The fraction of sp³-hybridized carbons (Fsp3) is 0.515. The van der Waals surface area contributed by atoms with Crippen molar-refractivity contribution in [2.75, 3.05) is 0 Å². The molecule has 0 N–H and O–H groups in total. The van der Waals surface area contributed by atoms with Crippen LogP contribution in [0.25, 0.3) is 0 Å². The number of rotatable bonds is 18. The van der Waals surface area contributed by atoms with E-state index in [1.165, 1.54) is 74.8 Å². The van der Waals surface area contributed by atoms with Gasteiger partial charge in [-0.3, -0.25) is 9.98 Å². The summed E-state index contributed by atoms with van der Waals surface area (Å²) in [5.41, 5.74) is 5.86. The molecular weight excluding hydrogens is 483 g/mol. The third-order valence-electron chi connectivity index (χ3n) is 6.34. The summed E-state index contributed by atoms with van der Waals surface area (Å²) in [4.78, 5) is 10.4. The Morgan fingerprint density at radius 1 is 0.611 bits per heavy atom. The Morgan fingerprint density at radius 3 is 1.92 bits per heavy atom. The number of hydrogen-bond donors (Lipinski definition) is 0. The van der Waals surface area contributed by atoms with Crippen molar-refractivity contribution in [2.45, 2.75) is 111 Å². The van der Waals surface area contributed by atoms with Crippen LogP contribution in [0.1, 0.15) is 110 Å². The van der Waals surface area contributed by atoms with Gasteiger partial charge in [0.1, 0.15) is 0 Å². The number of nitrogens with zero attached hydrogens (tertiary/aromatic N) is 2. The molecule has 2 nitrogen and oxygen atoms in total. The topological polar surface area (TPSA) is 24.7 Å². The van der Waals surface area contributed by atoms with Crippen LogP contribution in [0.15, 0.2) is 76.7 Å². The van der Waals surface area contributed by atoms with Gasteiger partial charge in [0.25, 0.3) is 0 Å². The van der Waals surface area contributed by atoms with E-state index in [-0.39, 0.29) is 16.5 Å². The minimum absolute atomic E-state index is 0. The Morgan fingerprint density at radius 2 is 1.19 bits per heavy atom. The van der Waals surface area contributed by atoms with Crippen molar-refractivity contribution < 1.29 is 16.5 Å². The first kappa shape index (κ1) is 32.0. The maximum atomic E-state index is 5.29.